The number of amides is 1. The average Bonchev–Trinajstić information content (AvgIpc) is 2.44. The summed E-state index contributed by atoms with van der Waals surface area (Å²) in [5.74, 6) is 1.95. The SMILES string of the molecule is COc1ccccc1NC(=O)CC12CC3CC(CC(O)(C3)C1)C2. The molecular weight excluding hydrogens is 290 g/mol. The molecule has 124 valence electrons. The first-order valence-electron chi connectivity index (χ1n) is 8.65. The number of hydrogen-bond acceptors (Lipinski definition) is 3. The summed E-state index contributed by atoms with van der Waals surface area (Å²) in [7, 11) is 1.61. The lowest BCUT2D eigenvalue weighted by atomic mass is 9.47. The van der Waals surface area contributed by atoms with Crippen LogP contribution in [-0.2, 0) is 4.79 Å². The van der Waals surface area contributed by atoms with Crippen molar-refractivity contribution in [3.63, 3.8) is 0 Å². The molecular formula is C19H25NO3. The lowest BCUT2D eigenvalue weighted by molar-refractivity contribution is -0.167. The Morgan fingerprint density at radius 1 is 1.26 bits per heavy atom. The van der Waals surface area contributed by atoms with Crippen LogP contribution in [0.15, 0.2) is 24.3 Å². The molecule has 0 radical (unpaired) electrons. The summed E-state index contributed by atoms with van der Waals surface area (Å²) < 4.78 is 5.30. The van der Waals surface area contributed by atoms with E-state index < -0.39 is 5.60 Å². The van der Waals surface area contributed by atoms with Crippen LogP contribution in [0, 0.1) is 17.3 Å². The Kier molecular flexibility index (Phi) is 3.41. The average molecular weight is 315 g/mol. The number of benzene rings is 1. The summed E-state index contributed by atoms with van der Waals surface area (Å²) in [6.07, 6.45) is 6.65. The van der Waals surface area contributed by atoms with E-state index in [9.17, 15) is 9.90 Å². The molecule has 2 atom stereocenters. The summed E-state index contributed by atoms with van der Waals surface area (Å²) in [5.41, 5.74) is 0.225. The fraction of sp³-hybridized carbons (Fsp3) is 0.632. The van der Waals surface area contributed by atoms with Crippen molar-refractivity contribution in [1.29, 1.82) is 0 Å². The molecule has 2 unspecified atom stereocenters. The molecule has 0 spiro atoms. The van der Waals surface area contributed by atoms with Gasteiger partial charge in [-0.3, -0.25) is 4.79 Å². The monoisotopic (exact) mass is 315 g/mol. The van der Waals surface area contributed by atoms with E-state index in [-0.39, 0.29) is 11.3 Å². The number of ether oxygens (including phenoxy) is 1. The summed E-state index contributed by atoms with van der Waals surface area (Å²) >= 11 is 0. The number of para-hydroxylation sites is 2. The molecule has 0 saturated heterocycles. The van der Waals surface area contributed by atoms with Gasteiger partial charge in [0, 0.05) is 6.42 Å². The first kappa shape index (κ1) is 15.0. The van der Waals surface area contributed by atoms with Gasteiger partial charge in [0.2, 0.25) is 5.91 Å². The maximum Gasteiger partial charge on any atom is 0.225 e. The van der Waals surface area contributed by atoms with Crippen LogP contribution in [0.3, 0.4) is 0 Å². The normalized spacial score (nSPS) is 37.7. The molecule has 1 amide bonds. The van der Waals surface area contributed by atoms with Gasteiger partial charge in [0.05, 0.1) is 18.4 Å². The van der Waals surface area contributed by atoms with Crippen LogP contribution in [0.5, 0.6) is 5.75 Å². The Hall–Kier alpha value is -1.55. The molecule has 0 heterocycles. The van der Waals surface area contributed by atoms with E-state index in [0.29, 0.717) is 24.0 Å². The van der Waals surface area contributed by atoms with Gasteiger partial charge >= 0.3 is 0 Å². The molecule has 1 aromatic carbocycles. The number of aliphatic hydroxyl groups is 1. The Morgan fingerprint density at radius 2 is 1.96 bits per heavy atom. The molecule has 2 N–H and O–H groups in total. The van der Waals surface area contributed by atoms with Crippen LogP contribution in [-0.4, -0.2) is 23.7 Å². The van der Waals surface area contributed by atoms with Crippen LogP contribution in [0.25, 0.3) is 0 Å². The second kappa shape index (κ2) is 5.23. The van der Waals surface area contributed by atoms with Crippen LogP contribution in [0.1, 0.15) is 44.9 Å². The lowest BCUT2D eigenvalue weighted by Gasteiger charge is -2.60. The van der Waals surface area contributed by atoms with Crippen molar-refractivity contribution in [1.82, 2.24) is 0 Å². The van der Waals surface area contributed by atoms with E-state index in [0.717, 1.165) is 37.8 Å². The number of anilines is 1. The maximum atomic E-state index is 12.6. The van der Waals surface area contributed by atoms with Crippen LogP contribution < -0.4 is 10.1 Å². The quantitative estimate of drug-likeness (QED) is 0.896. The topological polar surface area (TPSA) is 58.6 Å². The van der Waals surface area contributed by atoms with Crippen molar-refractivity contribution in [2.24, 2.45) is 17.3 Å². The second-order valence-corrected chi connectivity index (χ2v) is 8.11. The van der Waals surface area contributed by atoms with Gasteiger partial charge in [-0.25, -0.2) is 0 Å². The highest BCUT2D eigenvalue weighted by atomic mass is 16.5. The Balaban J connectivity index is 1.49. The highest BCUT2D eigenvalue weighted by Crippen LogP contribution is 2.62. The third-order valence-electron chi connectivity index (χ3n) is 6.07. The van der Waals surface area contributed by atoms with E-state index in [1.807, 2.05) is 24.3 Å². The summed E-state index contributed by atoms with van der Waals surface area (Å²) in [6.45, 7) is 0. The number of carbonyl (C=O) groups excluding carboxylic acids is 1. The van der Waals surface area contributed by atoms with Crippen molar-refractivity contribution >= 4 is 11.6 Å². The minimum atomic E-state index is -0.505. The van der Waals surface area contributed by atoms with E-state index >= 15 is 0 Å². The first-order valence-corrected chi connectivity index (χ1v) is 8.65. The fourth-order valence-corrected chi connectivity index (χ4v) is 5.89. The Bertz CT molecular complexity index is 613. The molecule has 4 fully saturated rings. The van der Waals surface area contributed by atoms with Crippen molar-refractivity contribution in [2.45, 2.75) is 50.5 Å². The van der Waals surface area contributed by atoms with Gasteiger partial charge in [0.25, 0.3) is 0 Å². The number of nitrogens with one attached hydrogen (secondary N) is 1. The standard InChI is InChI=1S/C19H25NO3/c1-23-16-5-3-2-4-15(16)20-17(21)11-18-7-13-6-14(8-18)10-19(22,9-13)12-18/h2-5,13-14,22H,6-12H2,1H3,(H,20,21). The summed E-state index contributed by atoms with van der Waals surface area (Å²) in [6, 6.07) is 7.50. The van der Waals surface area contributed by atoms with Crippen LogP contribution >= 0.6 is 0 Å². The van der Waals surface area contributed by atoms with Crippen LogP contribution in [0.4, 0.5) is 5.69 Å². The zero-order valence-corrected chi connectivity index (χ0v) is 13.7. The smallest absolute Gasteiger partial charge is 0.225 e. The zero-order valence-electron chi connectivity index (χ0n) is 13.7. The van der Waals surface area contributed by atoms with E-state index in [4.69, 9.17) is 4.74 Å². The van der Waals surface area contributed by atoms with Crippen molar-refractivity contribution in [3.05, 3.63) is 24.3 Å². The number of hydrogen-bond donors (Lipinski definition) is 2. The first-order chi connectivity index (χ1) is 11.0. The van der Waals surface area contributed by atoms with Crippen molar-refractivity contribution in [3.8, 4) is 5.75 Å². The molecule has 4 saturated carbocycles. The van der Waals surface area contributed by atoms with Gasteiger partial charge in [-0.05, 0) is 67.9 Å². The van der Waals surface area contributed by atoms with E-state index in [1.54, 1.807) is 7.11 Å². The molecule has 4 heteroatoms. The number of carbonyl (C=O) groups is 1. The fourth-order valence-electron chi connectivity index (χ4n) is 5.89. The Morgan fingerprint density at radius 3 is 2.61 bits per heavy atom. The third-order valence-corrected chi connectivity index (χ3v) is 6.07. The Labute approximate surface area is 137 Å². The molecule has 4 nitrogen and oxygen atoms in total. The van der Waals surface area contributed by atoms with Gasteiger partial charge in [-0.2, -0.15) is 0 Å². The van der Waals surface area contributed by atoms with Gasteiger partial charge in [-0.15, -0.1) is 0 Å². The third kappa shape index (κ3) is 2.74. The highest BCUT2D eigenvalue weighted by molar-refractivity contribution is 5.92. The lowest BCUT2D eigenvalue weighted by Crippen LogP contribution is -2.56. The predicted molar refractivity (Wildman–Crippen MR) is 88.3 cm³/mol. The highest BCUT2D eigenvalue weighted by Gasteiger charge is 2.57. The molecule has 5 rings (SSSR count). The molecule has 23 heavy (non-hydrogen) atoms. The van der Waals surface area contributed by atoms with Gasteiger partial charge in [0.1, 0.15) is 5.75 Å². The minimum Gasteiger partial charge on any atom is -0.495 e. The van der Waals surface area contributed by atoms with Crippen molar-refractivity contribution < 1.29 is 14.6 Å². The molecule has 4 aliphatic carbocycles. The molecule has 0 aliphatic heterocycles. The summed E-state index contributed by atoms with van der Waals surface area (Å²) in [4.78, 5) is 12.6. The number of methoxy groups -OCH3 is 1. The van der Waals surface area contributed by atoms with Gasteiger partial charge in [0.15, 0.2) is 0 Å². The summed E-state index contributed by atoms with van der Waals surface area (Å²) in [5, 5.41) is 13.8. The number of rotatable bonds is 4. The molecule has 4 bridgehead atoms. The van der Waals surface area contributed by atoms with E-state index in [2.05, 4.69) is 5.32 Å². The largest absolute Gasteiger partial charge is 0.495 e. The van der Waals surface area contributed by atoms with E-state index in [1.165, 1.54) is 6.42 Å². The van der Waals surface area contributed by atoms with Gasteiger partial charge < -0.3 is 15.2 Å². The molecule has 4 aliphatic rings. The second-order valence-electron chi connectivity index (χ2n) is 8.11. The minimum absolute atomic E-state index is 0.00489. The zero-order chi connectivity index (χ0) is 16.1. The van der Waals surface area contributed by atoms with Crippen LogP contribution in [0.2, 0.25) is 0 Å². The predicted octanol–water partition coefficient (Wildman–Crippen LogP) is 3.36. The molecule has 0 aromatic heterocycles. The molecule has 1 aromatic rings. The maximum absolute atomic E-state index is 12.6. The van der Waals surface area contributed by atoms with Crippen molar-refractivity contribution in [2.75, 3.05) is 12.4 Å². The van der Waals surface area contributed by atoms with Gasteiger partial charge in [-0.1, -0.05) is 12.1 Å².